The van der Waals surface area contributed by atoms with Crippen molar-refractivity contribution in [2.75, 3.05) is 0 Å². The highest BCUT2D eigenvalue weighted by atomic mass is 16.6. The maximum absolute atomic E-state index is 12.9. The van der Waals surface area contributed by atoms with Crippen molar-refractivity contribution in [2.24, 2.45) is 0 Å². The van der Waals surface area contributed by atoms with Crippen molar-refractivity contribution in [3.05, 3.63) is 58.7 Å². The molecule has 110 valence electrons. The summed E-state index contributed by atoms with van der Waals surface area (Å²) in [5, 5.41) is 0. The number of carbonyl (C=O) groups is 3. The molecule has 4 rings (SSSR count). The topological polar surface area (TPSA) is 60.4 Å². The van der Waals surface area contributed by atoms with Crippen LogP contribution in [0.25, 0.3) is 0 Å². The Hall–Kier alpha value is -2.49. The second-order valence-corrected chi connectivity index (χ2v) is 5.92. The highest BCUT2D eigenvalue weighted by Crippen LogP contribution is 2.47. The van der Waals surface area contributed by atoms with Gasteiger partial charge in [-0.15, -0.1) is 0 Å². The third kappa shape index (κ3) is 1.67. The number of hydrogen-bond acceptors (Lipinski definition) is 4. The predicted octanol–water partition coefficient (Wildman–Crippen LogP) is 2.79. The number of rotatable bonds is 1. The summed E-state index contributed by atoms with van der Waals surface area (Å²) in [6, 6.07) is 6.78. The smallest absolute Gasteiger partial charge is 0.332 e. The van der Waals surface area contributed by atoms with Gasteiger partial charge in [0.1, 0.15) is 0 Å². The van der Waals surface area contributed by atoms with Crippen LogP contribution in [0.2, 0.25) is 0 Å². The molecular weight excluding hydrogens is 280 g/mol. The monoisotopic (exact) mass is 294 g/mol. The van der Waals surface area contributed by atoms with Crippen LogP contribution in [0.5, 0.6) is 0 Å². The zero-order valence-corrected chi connectivity index (χ0v) is 11.9. The highest BCUT2D eigenvalue weighted by Gasteiger charge is 2.51. The predicted molar refractivity (Wildman–Crippen MR) is 78.6 cm³/mol. The molecule has 0 bridgehead atoms. The number of ether oxygens (including phenoxy) is 1. The van der Waals surface area contributed by atoms with Gasteiger partial charge in [-0.25, -0.2) is 4.79 Å². The van der Waals surface area contributed by atoms with Gasteiger partial charge in [-0.05, 0) is 37.3 Å². The summed E-state index contributed by atoms with van der Waals surface area (Å²) in [6.45, 7) is 0. The number of carbonyl (C=O) groups excluding carboxylic acids is 3. The minimum Gasteiger partial charge on any atom is -0.446 e. The summed E-state index contributed by atoms with van der Waals surface area (Å²) in [5.74, 6) is -0.831. The van der Waals surface area contributed by atoms with Crippen LogP contribution >= 0.6 is 0 Å². The zero-order valence-electron chi connectivity index (χ0n) is 11.9. The van der Waals surface area contributed by atoms with E-state index in [2.05, 4.69) is 0 Å². The Labute approximate surface area is 127 Å². The van der Waals surface area contributed by atoms with Crippen molar-refractivity contribution >= 4 is 17.5 Å². The number of hydrogen-bond donors (Lipinski definition) is 0. The molecule has 1 atom stereocenters. The SMILES string of the molecule is O=C1C=C2CCCCC2(C2=CC(=O)c3ccccc3C2=O)O1. The van der Waals surface area contributed by atoms with Crippen LogP contribution in [-0.4, -0.2) is 23.1 Å². The molecule has 0 aromatic heterocycles. The van der Waals surface area contributed by atoms with Gasteiger partial charge in [0, 0.05) is 17.2 Å². The van der Waals surface area contributed by atoms with E-state index in [1.165, 1.54) is 12.2 Å². The third-order valence-electron chi connectivity index (χ3n) is 4.70. The molecule has 1 fully saturated rings. The van der Waals surface area contributed by atoms with Gasteiger partial charge in [0.2, 0.25) is 0 Å². The first-order valence-corrected chi connectivity index (χ1v) is 7.46. The van der Waals surface area contributed by atoms with Gasteiger partial charge in [-0.3, -0.25) is 9.59 Å². The van der Waals surface area contributed by atoms with E-state index in [4.69, 9.17) is 4.74 Å². The summed E-state index contributed by atoms with van der Waals surface area (Å²) in [5.41, 5.74) is 0.935. The van der Waals surface area contributed by atoms with Gasteiger partial charge in [0.15, 0.2) is 17.2 Å². The van der Waals surface area contributed by atoms with Crippen LogP contribution in [0.4, 0.5) is 0 Å². The molecule has 0 amide bonds. The molecule has 0 saturated heterocycles. The fraction of sp³-hybridized carbons (Fsp3) is 0.278. The second-order valence-electron chi connectivity index (χ2n) is 5.92. The molecule has 0 radical (unpaired) electrons. The average molecular weight is 294 g/mol. The van der Waals surface area contributed by atoms with Gasteiger partial charge in [0.05, 0.1) is 5.57 Å². The van der Waals surface area contributed by atoms with Crippen LogP contribution in [0.1, 0.15) is 46.4 Å². The average Bonchev–Trinajstić information content (AvgIpc) is 2.87. The summed E-state index contributed by atoms with van der Waals surface area (Å²) < 4.78 is 5.55. The Morgan fingerprint density at radius 3 is 2.55 bits per heavy atom. The first-order valence-electron chi connectivity index (χ1n) is 7.46. The van der Waals surface area contributed by atoms with Crippen molar-refractivity contribution in [3.8, 4) is 0 Å². The standard InChI is InChI=1S/C18H14O4/c19-15-10-14(17(21)13-7-2-1-6-12(13)15)18-8-4-3-5-11(18)9-16(20)22-18/h1-2,6-7,9-10H,3-5,8H2. The van der Waals surface area contributed by atoms with Crippen LogP contribution in [-0.2, 0) is 9.53 Å². The summed E-state index contributed by atoms with van der Waals surface area (Å²) >= 11 is 0. The number of fused-ring (bicyclic) bond motifs is 2. The lowest BCUT2D eigenvalue weighted by Gasteiger charge is -2.37. The molecular formula is C18H14O4. The number of Topliss-reactive ketones (excluding diaryl/α,β-unsaturated/α-hetero) is 1. The van der Waals surface area contributed by atoms with Gasteiger partial charge < -0.3 is 4.74 Å². The Balaban J connectivity index is 1.87. The molecule has 4 heteroatoms. The van der Waals surface area contributed by atoms with E-state index in [9.17, 15) is 14.4 Å². The van der Waals surface area contributed by atoms with E-state index < -0.39 is 11.6 Å². The fourth-order valence-corrected chi connectivity index (χ4v) is 3.68. The lowest BCUT2D eigenvalue weighted by atomic mass is 9.71. The maximum atomic E-state index is 12.9. The minimum atomic E-state index is -1.02. The van der Waals surface area contributed by atoms with Crippen LogP contribution in [0.15, 0.2) is 47.6 Å². The zero-order chi connectivity index (χ0) is 15.3. The van der Waals surface area contributed by atoms with Gasteiger partial charge in [-0.1, -0.05) is 24.3 Å². The van der Waals surface area contributed by atoms with E-state index in [-0.39, 0.29) is 11.6 Å². The van der Waals surface area contributed by atoms with Crippen molar-refractivity contribution in [2.45, 2.75) is 31.3 Å². The Bertz CT molecular complexity index is 784. The number of allylic oxidation sites excluding steroid dienone is 1. The first kappa shape index (κ1) is 13.2. The highest BCUT2D eigenvalue weighted by molar-refractivity contribution is 6.25. The lowest BCUT2D eigenvalue weighted by Crippen LogP contribution is -2.41. The maximum Gasteiger partial charge on any atom is 0.332 e. The van der Waals surface area contributed by atoms with Crippen LogP contribution < -0.4 is 0 Å². The quantitative estimate of drug-likeness (QED) is 0.747. The number of esters is 1. The molecule has 1 aromatic rings. The van der Waals surface area contributed by atoms with E-state index in [0.29, 0.717) is 23.1 Å². The van der Waals surface area contributed by atoms with Gasteiger partial charge >= 0.3 is 5.97 Å². The molecule has 1 aromatic carbocycles. The molecule has 0 N–H and O–H groups in total. The van der Waals surface area contributed by atoms with E-state index in [0.717, 1.165) is 24.8 Å². The van der Waals surface area contributed by atoms with E-state index in [1.807, 2.05) is 0 Å². The van der Waals surface area contributed by atoms with Crippen molar-refractivity contribution < 1.29 is 19.1 Å². The van der Waals surface area contributed by atoms with Gasteiger partial charge in [0.25, 0.3) is 0 Å². The molecule has 1 aliphatic heterocycles. The Morgan fingerprint density at radius 1 is 0.955 bits per heavy atom. The molecule has 4 nitrogen and oxygen atoms in total. The van der Waals surface area contributed by atoms with E-state index in [1.54, 1.807) is 24.3 Å². The molecule has 1 heterocycles. The third-order valence-corrected chi connectivity index (χ3v) is 4.70. The van der Waals surface area contributed by atoms with Crippen molar-refractivity contribution in [1.82, 2.24) is 0 Å². The lowest BCUT2D eigenvalue weighted by molar-refractivity contribution is -0.144. The summed E-state index contributed by atoms with van der Waals surface area (Å²) in [6.07, 6.45) is 5.98. The Morgan fingerprint density at radius 2 is 1.73 bits per heavy atom. The van der Waals surface area contributed by atoms with E-state index >= 15 is 0 Å². The molecule has 2 aliphatic carbocycles. The largest absolute Gasteiger partial charge is 0.446 e. The molecule has 3 aliphatic rings. The molecule has 22 heavy (non-hydrogen) atoms. The molecule has 1 unspecified atom stereocenters. The Kier molecular flexibility index (Phi) is 2.70. The van der Waals surface area contributed by atoms with Gasteiger partial charge in [-0.2, -0.15) is 0 Å². The molecule has 0 spiro atoms. The first-order chi connectivity index (χ1) is 10.6. The summed E-state index contributed by atoms with van der Waals surface area (Å²) in [4.78, 5) is 37.0. The summed E-state index contributed by atoms with van der Waals surface area (Å²) in [7, 11) is 0. The van der Waals surface area contributed by atoms with Crippen molar-refractivity contribution in [1.29, 1.82) is 0 Å². The number of benzene rings is 1. The van der Waals surface area contributed by atoms with Crippen LogP contribution in [0.3, 0.4) is 0 Å². The van der Waals surface area contributed by atoms with Crippen molar-refractivity contribution in [3.63, 3.8) is 0 Å². The second kappa shape index (κ2) is 4.50. The minimum absolute atomic E-state index is 0.201. The normalized spacial score (nSPS) is 26.8. The fourth-order valence-electron chi connectivity index (χ4n) is 3.68. The number of ketones is 2. The van der Waals surface area contributed by atoms with Crippen LogP contribution in [0, 0.1) is 0 Å². The molecule has 1 saturated carbocycles.